The molecular formula is C48H84N8O12. The summed E-state index contributed by atoms with van der Waals surface area (Å²) in [7, 11) is 5.38. The molecule has 68 heavy (non-hydrogen) atoms. The van der Waals surface area contributed by atoms with Crippen LogP contribution in [0.1, 0.15) is 122 Å². The third kappa shape index (κ3) is 14.1. The van der Waals surface area contributed by atoms with Crippen LogP contribution in [0.2, 0.25) is 0 Å². The molecule has 2 aliphatic rings. The molecule has 0 aromatic heterocycles. The number of esters is 1. The molecule has 0 radical (unpaired) electrons. The molecule has 2 aliphatic heterocycles. The lowest BCUT2D eigenvalue weighted by atomic mass is 9.93. The first-order valence-corrected chi connectivity index (χ1v) is 24.2. The molecule has 8 amide bonds. The number of carbonyl (C=O) groups excluding carboxylic acids is 9. The van der Waals surface area contributed by atoms with E-state index in [0.29, 0.717) is 19.3 Å². The van der Waals surface area contributed by atoms with Crippen molar-refractivity contribution in [2.24, 2.45) is 29.6 Å². The van der Waals surface area contributed by atoms with Crippen LogP contribution in [0, 0.1) is 29.6 Å². The Morgan fingerprint density at radius 2 is 1.13 bits per heavy atom. The SMILES string of the molecule is CCC(C)[C@H]1OC(=O)[C@H](C(C)(C)O)N(C)C(=O)[C@H](CC(C)C)NC(=O)[C@H](C(C)C)N(C)C(=O)[C@H]([C@H](C)CC)NC(=O)[C@@H]2CCCN2C(=O)[C@@H](C)N(C)C(=O)[C@H](CO)NC(=O)[C@H](C(C)C)N(C)C1=O. The second kappa shape index (κ2) is 25.1. The molecule has 20 nitrogen and oxygen atoms in total. The molecule has 2 rings (SSSR count). The van der Waals surface area contributed by atoms with E-state index in [1.807, 2.05) is 20.8 Å². The summed E-state index contributed by atoms with van der Waals surface area (Å²) in [6.07, 6.45) is 0.0312. The number of aliphatic hydroxyl groups excluding tert-OH is 1. The van der Waals surface area contributed by atoms with Crippen molar-refractivity contribution in [3.05, 3.63) is 0 Å². The highest BCUT2D eigenvalue weighted by Crippen LogP contribution is 2.26. The lowest BCUT2D eigenvalue weighted by Crippen LogP contribution is -2.63. The fourth-order valence-electron chi connectivity index (χ4n) is 9.12. The Morgan fingerprint density at radius 3 is 1.59 bits per heavy atom. The Hall–Kier alpha value is -4.85. The van der Waals surface area contributed by atoms with Gasteiger partial charge < -0.3 is 55.4 Å². The first-order valence-electron chi connectivity index (χ1n) is 24.2. The predicted molar refractivity (Wildman–Crippen MR) is 254 cm³/mol. The van der Waals surface area contributed by atoms with Crippen molar-refractivity contribution in [3.8, 4) is 0 Å². The third-order valence-corrected chi connectivity index (χ3v) is 13.6. The van der Waals surface area contributed by atoms with E-state index in [0.717, 1.165) is 14.7 Å². The lowest BCUT2D eigenvalue weighted by molar-refractivity contribution is -0.177. The van der Waals surface area contributed by atoms with Gasteiger partial charge in [-0.3, -0.25) is 38.4 Å². The van der Waals surface area contributed by atoms with Crippen molar-refractivity contribution < 1.29 is 58.1 Å². The smallest absolute Gasteiger partial charge is 0.332 e. The minimum absolute atomic E-state index is 0.0851. The van der Waals surface area contributed by atoms with Crippen molar-refractivity contribution in [2.75, 3.05) is 41.3 Å². The zero-order valence-corrected chi connectivity index (χ0v) is 43.7. The van der Waals surface area contributed by atoms with E-state index in [2.05, 4.69) is 16.0 Å². The quantitative estimate of drug-likeness (QED) is 0.192. The summed E-state index contributed by atoms with van der Waals surface area (Å²) in [5.41, 5.74) is -1.97. The molecule has 2 fully saturated rings. The molecule has 388 valence electrons. The van der Waals surface area contributed by atoms with Crippen LogP contribution in [0.25, 0.3) is 0 Å². The molecule has 0 saturated carbocycles. The van der Waals surface area contributed by atoms with Crippen LogP contribution in [-0.4, -0.2) is 189 Å². The van der Waals surface area contributed by atoms with Gasteiger partial charge in [-0.05, 0) is 70.1 Å². The first-order chi connectivity index (χ1) is 31.4. The van der Waals surface area contributed by atoms with Crippen molar-refractivity contribution in [3.63, 3.8) is 0 Å². The van der Waals surface area contributed by atoms with E-state index >= 15 is 0 Å². The molecule has 20 heteroatoms. The average Bonchev–Trinajstić information content (AvgIpc) is 3.75. The van der Waals surface area contributed by atoms with E-state index < -0.39 is 144 Å². The highest BCUT2D eigenvalue weighted by atomic mass is 16.6. The highest BCUT2D eigenvalue weighted by Gasteiger charge is 2.47. The number of ether oxygens (including phenoxy) is 1. The van der Waals surface area contributed by atoms with Gasteiger partial charge in [-0.2, -0.15) is 0 Å². The van der Waals surface area contributed by atoms with Gasteiger partial charge in [-0.25, -0.2) is 4.79 Å². The number of likely N-dealkylation sites (N-methyl/N-ethyl adjacent to an activating group) is 4. The number of cyclic esters (lactones) is 1. The van der Waals surface area contributed by atoms with Crippen molar-refractivity contribution >= 4 is 53.2 Å². The Labute approximate surface area is 403 Å². The summed E-state index contributed by atoms with van der Waals surface area (Å²) < 4.78 is 5.95. The standard InChI is InChI=1S/C48H84N8O12/c1-18-28(9)34-45(64)53(15)35(26(5)6)40(59)49-31(23-25(3)4)43(62)55(17)38(48(12,13)67)47(66)68-37(29(10)19-2)46(65)54(16)36(27(7)8)41(60)50-32(24-57)44(63)52(14)30(11)42(61)56-22-20-21-33(56)39(58)51-34/h25-38,57,67H,18-24H2,1-17H3,(H,49,59)(H,50,60)(H,51,58)/t28-,29?,30-,31+,32+,33+,34+,35+,36+,37-,38-/m1/s1. The maximum Gasteiger partial charge on any atom is 0.332 e. The van der Waals surface area contributed by atoms with Gasteiger partial charge in [0, 0.05) is 40.7 Å². The summed E-state index contributed by atoms with van der Waals surface area (Å²) in [4.78, 5) is 135. The molecule has 0 aliphatic carbocycles. The Balaban J connectivity index is 2.90. The molecule has 0 aromatic rings. The van der Waals surface area contributed by atoms with Crippen LogP contribution in [0.3, 0.4) is 0 Å². The third-order valence-electron chi connectivity index (χ3n) is 13.6. The lowest BCUT2D eigenvalue weighted by Gasteiger charge is -2.39. The largest absolute Gasteiger partial charge is 0.450 e. The van der Waals surface area contributed by atoms with Crippen molar-refractivity contribution in [1.82, 2.24) is 40.4 Å². The minimum atomic E-state index is -1.97. The molecular weight excluding hydrogens is 881 g/mol. The number of hydrogen-bond acceptors (Lipinski definition) is 12. The molecule has 0 spiro atoms. The van der Waals surface area contributed by atoms with Gasteiger partial charge in [0.05, 0.1) is 12.2 Å². The summed E-state index contributed by atoms with van der Waals surface area (Å²) in [5.74, 6) is -9.19. The van der Waals surface area contributed by atoms with E-state index in [9.17, 15) is 53.4 Å². The predicted octanol–water partition coefficient (Wildman–Crippen LogP) is 0.899. The molecule has 5 N–H and O–H groups in total. The number of rotatable bonds is 10. The molecule has 0 aromatic carbocycles. The van der Waals surface area contributed by atoms with Crippen LogP contribution in [-0.2, 0) is 47.9 Å². The second-order valence-corrected chi connectivity index (χ2v) is 20.6. The van der Waals surface area contributed by atoms with Crippen molar-refractivity contribution in [2.45, 2.75) is 182 Å². The monoisotopic (exact) mass is 965 g/mol. The highest BCUT2D eigenvalue weighted by molar-refractivity contribution is 5.99. The normalized spacial score (nSPS) is 29.0. The second-order valence-electron chi connectivity index (χ2n) is 20.6. The maximum absolute atomic E-state index is 14.6. The molecule has 2 saturated heterocycles. The molecule has 0 bridgehead atoms. The van der Waals surface area contributed by atoms with Crippen LogP contribution in [0.5, 0.6) is 0 Å². The van der Waals surface area contributed by atoms with Crippen molar-refractivity contribution in [1.29, 1.82) is 0 Å². The van der Waals surface area contributed by atoms with Gasteiger partial charge in [-0.1, -0.05) is 75.7 Å². The Kier molecular flexibility index (Phi) is 21.9. The van der Waals surface area contributed by atoms with Gasteiger partial charge in [0.1, 0.15) is 42.3 Å². The summed E-state index contributed by atoms with van der Waals surface area (Å²) in [5, 5.41) is 30.2. The molecule has 1 unspecified atom stereocenters. The van der Waals surface area contributed by atoms with E-state index in [1.165, 1.54) is 58.8 Å². The topological polar surface area (TPSA) is 256 Å². The van der Waals surface area contributed by atoms with E-state index in [-0.39, 0.29) is 25.3 Å². The van der Waals surface area contributed by atoms with Crippen LogP contribution in [0.15, 0.2) is 0 Å². The summed E-state index contributed by atoms with van der Waals surface area (Å²) >= 11 is 0. The van der Waals surface area contributed by atoms with Gasteiger partial charge in [0.25, 0.3) is 5.91 Å². The summed E-state index contributed by atoms with van der Waals surface area (Å²) in [6.45, 7) is 20.8. The number of nitrogens with zero attached hydrogens (tertiary/aromatic N) is 5. The van der Waals surface area contributed by atoms with Gasteiger partial charge in [-0.15, -0.1) is 0 Å². The minimum Gasteiger partial charge on any atom is -0.450 e. The van der Waals surface area contributed by atoms with E-state index in [1.54, 1.807) is 48.5 Å². The number of aliphatic hydroxyl groups is 2. The average molecular weight is 965 g/mol. The number of nitrogens with one attached hydrogen (secondary N) is 3. The fraction of sp³-hybridized carbons (Fsp3) is 0.812. The Bertz CT molecular complexity index is 1820. The van der Waals surface area contributed by atoms with Gasteiger partial charge >= 0.3 is 5.97 Å². The number of carbonyl (C=O) groups is 9. The Morgan fingerprint density at radius 1 is 0.647 bits per heavy atom. The van der Waals surface area contributed by atoms with Crippen LogP contribution >= 0.6 is 0 Å². The van der Waals surface area contributed by atoms with Crippen LogP contribution in [0.4, 0.5) is 0 Å². The number of fused-ring (bicyclic) bond motifs is 1. The zero-order chi connectivity index (χ0) is 52.4. The molecule has 11 atom stereocenters. The van der Waals surface area contributed by atoms with Crippen LogP contribution < -0.4 is 16.0 Å². The fourth-order valence-corrected chi connectivity index (χ4v) is 9.12. The first kappa shape index (κ1) is 59.3. The maximum atomic E-state index is 14.6. The number of hydrogen-bond donors (Lipinski definition) is 5. The zero-order valence-electron chi connectivity index (χ0n) is 43.7. The van der Waals surface area contributed by atoms with E-state index in [4.69, 9.17) is 4.74 Å². The number of amides is 8. The van der Waals surface area contributed by atoms with Gasteiger partial charge in [0.15, 0.2) is 12.1 Å². The summed E-state index contributed by atoms with van der Waals surface area (Å²) in [6, 6.07) is -10.3. The van der Waals surface area contributed by atoms with Gasteiger partial charge in [0.2, 0.25) is 41.4 Å². The molecule has 2 heterocycles.